The molecule has 3 rings (SSSR count). The van der Waals surface area contributed by atoms with Crippen LogP contribution in [0, 0.1) is 0 Å². The van der Waals surface area contributed by atoms with Crippen LogP contribution in [0.3, 0.4) is 0 Å². The molecule has 2 aromatic rings. The Labute approximate surface area is 168 Å². The lowest BCUT2D eigenvalue weighted by atomic mass is 10.2. The van der Waals surface area contributed by atoms with Gasteiger partial charge in [-0.05, 0) is 37.3 Å². The van der Waals surface area contributed by atoms with Gasteiger partial charge in [0.05, 0.1) is 24.8 Å². The summed E-state index contributed by atoms with van der Waals surface area (Å²) < 4.78 is 37.7. The van der Waals surface area contributed by atoms with Gasteiger partial charge in [-0.3, -0.25) is 4.79 Å². The van der Waals surface area contributed by atoms with Crippen LogP contribution in [0.5, 0.6) is 5.88 Å². The lowest BCUT2D eigenvalue weighted by molar-refractivity contribution is 0.0730. The third-order valence-electron chi connectivity index (χ3n) is 4.07. The van der Waals surface area contributed by atoms with E-state index in [2.05, 4.69) is 10.3 Å². The molecule has 0 saturated carbocycles. The molecule has 28 heavy (non-hydrogen) atoms. The predicted octanol–water partition coefficient (Wildman–Crippen LogP) is 2.41. The molecule has 8 nitrogen and oxygen atoms in total. The van der Waals surface area contributed by atoms with Crippen LogP contribution in [0.1, 0.15) is 17.3 Å². The summed E-state index contributed by atoms with van der Waals surface area (Å²) in [7, 11) is -3.80. The zero-order chi connectivity index (χ0) is 20.1. The molecule has 0 bridgehead atoms. The summed E-state index contributed by atoms with van der Waals surface area (Å²) in [6.07, 6.45) is 1.52. The average Bonchev–Trinajstić information content (AvgIpc) is 2.70. The number of aromatic nitrogens is 1. The molecule has 1 aliphatic heterocycles. The van der Waals surface area contributed by atoms with Crippen molar-refractivity contribution in [2.24, 2.45) is 0 Å². The van der Waals surface area contributed by atoms with E-state index in [1.807, 2.05) is 0 Å². The molecule has 1 amide bonds. The fourth-order valence-electron chi connectivity index (χ4n) is 2.72. The highest BCUT2D eigenvalue weighted by atomic mass is 35.5. The van der Waals surface area contributed by atoms with Crippen molar-refractivity contribution in [1.29, 1.82) is 0 Å². The highest BCUT2D eigenvalue weighted by molar-refractivity contribution is 7.89. The number of sulfonamides is 1. The number of hydrogen-bond acceptors (Lipinski definition) is 6. The average molecular weight is 426 g/mol. The van der Waals surface area contributed by atoms with E-state index in [1.165, 1.54) is 28.7 Å². The first-order valence-corrected chi connectivity index (χ1v) is 10.5. The summed E-state index contributed by atoms with van der Waals surface area (Å²) in [6, 6.07) is 7.52. The molecule has 0 unspecified atom stereocenters. The van der Waals surface area contributed by atoms with Gasteiger partial charge in [-0.25, -0.2) is 13.4 Å². The van der Waals surface area contributed by atoms with E-state index in [0.717, 1.165) is 0 Å². The minimum absolute atomic E-state index is 0.0647. The van der Waals surface area contributed by atoms with Gasteiger partial charge in [0.1, 0.15) is 10.5 Å². The second-order valence-electron chi connectivity index (χ2n) is 5.90. The topological polar surface area (TPSA) is 97.8 Å². The molecule has 1 aromatic heterocycles. The van der Waals surface area contributed by atoms with Gasteiger partial charge in [0, 0.05) is 25.0 Å². The number of benzene rings is 1. The molecule has 1 N–H and O–H groups in total. The first-order valence-electron chi connectivity index (χ1n) is 8.70. The second-order valence-corrected chi connectivity index (χ2v) is 8.22. The first kappa shape index (κ1) is 20.5. The van der Waals surface area contributed by atoms with Gasteiger partial charge in [0.15, 0.2) is 0 Å². The van der Waals surface area contributed by atoms with Gasteiger partial charge in [-0.1, -0.05) is 11.6 Å². The number of halogens is 1. The summed E-state index contributed by atoms with van der Waals surface area (Å²) in [5.41, 5.74) is 0.546. The number of nitrogens with zero attached hydrogens (tertiary/aromatic N) is 2. The Morgan fingerprint density at radius 2 is 2.07 bits per heavy atom. The van der Waals surface area contributed by atoms with Crippen LogP contribution in [0.25, 0.3) is 0 Å². The number of hydrogen-bond donors (Lipinski definition) is 1. The Bertz CT molecular complexity index is 961. The van der Waals surface area contributed by atoms with Crippen LogP contribution in [0.2, 0.25) is 5.02 Å². The fraction of sp³-hybridized carbons (Fsp3) is 0.333. The van der Waals surface area contributed by atoms with E-state index in [4.69, 9.17) is 21.1 Å². The normalized spacial score (nSPS) is 15.2. The molecule has 10 heteroatoms. The number of rotatable bonds is 6. The van der Waals surface area contributed by atoms with Gasteiger partial charge in [0.25, 0.3) is 5.91 Å². The summed E-state index contributed by atoms with van der Waals surface area (Å²) in [5.74, 6) is -0.258. The fourth-order valence-corrected chi connectivity index (χ4v) is 4.63. The molecular weight excluding hydrogens is 406 g/mol. The molecule has 2 heterocycles. The van der Waals surface area contributed by atoms with Gasteiger partial charge in [0.2, 0.25) is 15.9 Å². The highest BCUT2D eigenvalue weighted by Crippen LogP contribution is 2.29. The monoisotopic (exact) mass is 425 g/mol. The highest BCUT2D eigenvalue weighted by Gasteiger charge is 2.28. The zero-order valence-corrected chi connectivity index (χ0v) is 16.8. The van der Waals surface area contributed by atoms with E-state index in [-0.39, 0.29) is 34.5 Å². The van der Waals surface area contributed by atoms with Gasteiger partial charge < -0.3 is 14.8 Å². The maximum Gasteiger partial charge on any atom is 0.261 e. The van der Waals surface area contributed by atoms with Gasteiger partial charge >= 0.3 is 0 Å². The minimum atomic E-state index is -3.80. The van der Waals surface area contributed by atoms with Crippen LogP contribution < -0.4 is 10.1 Å². The molecule has 0 spiro atoms. The summed E-state index contributed by atoms with van der Waals surface area (Å²) in [6.45, 7) is 3.31. The molecule has 1 aromatic carbocycles. The van der Waals surface area contributed by atoms with Gasteiger partial charge in [-0.2, -0.15) is 4.31 Å². The number of pyridine rings is 1. The molecule has 1 saturated heterocycles. The zero-order valence-electron chi connectivity index (χ0n) is 15.2. The number of morpholine rings is 1. The minimum Gasteiger partial charge on any atom is -0.477 e. The van der Waals surface area contributed by atoms with Crippen LogP contribution in [0.15, 0.2) is 41.4 Å². The molecule has 0 aliphatic carbocycles. The molecule has 150 valence electrons. The van der Waals surface area contributed by atoms with Crippen LogP contribution in [-0.4, -0.2) is 56.5 Å². The number of carbonyl (C=O) groups is 1. The van der Waals surface area contributed by atoms with E-state index < -0.39 is 15.9 Å². The van der Waals surface area contributed by atoms with Gasteiger partial charge in [-0.15, -0.1) is 0 Å². The smallest absolute Gasteiger partial charge is 0.261 e. The van der Waals surface area contributed by atoms with Crippen molar-refractivity contribution >= 4 is 33.2 Å². The van der Waals surface area contributed by atoms with Crippen molar-refractivity contribution < 1.29 is 22.7 Å². The van der Waals surface area contributed by atoms with Crippen LogP contribution >= 0.6 is 11.6 Å². The Morgan fingerprint density at radius 3 is 2.79 bits per heavy atom. The van der Waals surface area contributed by atoms with Crippen molar-refractivity contribution in [2.75, 3.05) is 38.2 Å². The Hall–Kier alpha value is -2.20. The summed E-state index contributed by atoms with van der Waals surface area (Å²) in [5, 5.41) is 2.76. The standard InChI is InChI=1S/C18H20ClN3O5S/c1-2-27-18-14(4-3-7-20-18)17(23)21-13-5-6-15(19)16(12-13)28(24,25)22-8-10-26-11-9-22/h3-7,12H,2,8-11H2,1H3,(H,21,23). The third-order valence-corrected chi connectivity index (χ3v) is 6.45. The van der Waals surface area contributed by atoms with Crippen molar-refractivity contribution in [2.45, 2.75) is 11.8 Å². The summed E-state index contributed by atoms with van der Waals surface area (Å²) >= 11 is 6.14. The largest absolute Gasteiger partial charge is 0.477 e. The van der Waals surface area contributed by atoms with E-state index in [9.17, 15) is 13.2 Å². The third kappa shape index (κ3) is 4.44. The van der Waals surface area contributed by atoms with Crippen molar-refractivity contribution in [1.82, 2.24) is 9.29 Å². The maximum atomic E-state index is 12.9. The molecule has 0 radical (unpaired) electrons. The molecule has 1 fully saturated rings. The lowest BCUT2D eigenvalue weighted by Gasteiger charge is -2.26. The Kier molecular flexibility index (Phi) is 6.50. The Balaban J connectivity index is 1.87. The maximum absolute atomic E-state index is 12.9. The number of anilines is 1. The molecular formula is C18H20ClN3O5S. The quantitative estimate of drug-likeness (QED) is 0.763. The number of amides is 1. The first-order chi connectivity index (χ1) is 13.4. The predicted molar refractivity (Wildman–Crippen MR) is 104 cm³/mol. The van der Waals surface area contributed by atoms with E-state index in [1.54, 1.807) is 19.1 Å². The number of carbonyl (C=O) groups excluding carboxylic acids is 1. The second kappa shape index (κ2) is 8.87. The van der Waals surface area contributed by atoms with E-state index in [0.29, 0.717) is 25.5 Å². The van der Waals surface area contributed by atoms with Crippen molar-refractivity contribution in [3.63, 3.8) is 0 Å². The number of ether oxygens (including phenoxy) is 2. The van der Waals surface area contributed by atoms with Crippen molar-refractivity contribution in [3.8, 4) is 5.88 Å². The molecule has 0 atom stereocenters. The number of nitrogens with one attached hydrogen (secondary N) is 1. The summed E-state index contributed by atoms with van der Waals surface area (Å²) in [4.78, 5) is 16.6. The SMILES string of the molecule is CCOc1ncccc1C(=O)Nc1ccc(Cl)c(S(=O)(=O)N2CCOCC2)c1. The van der Waals surface area contributed by atoms with Crippen LogP contribution in [0.4, 0.5) is 5.69 Å². The van der Waals surface area contributed by atoms with Crippen LogP contribution in [-0.2, 0) is 14.8 Å². The lowest BCUT2D eigenvalue weighted by Crippen LogP contribution is -2.40. The van der Waals surface area contributed by atoms with Crippen molar-refractivity contribution in [3.05, 3.63) is 47.1 Å². The Morgan fingerprint density at radius 1 is 1.32 bits per heavy atom. The molecule has 1 aliphatic rings. The van der Waals surface area contributed by atoms with E-state index >= 15 is 0 Å².